The molecule has 0 atom stereocenters. The number of rotatable bonds is 7. The maximum atomic E-state index is 11.2. The largest absolute Gasteiger partial charge is 0.498 e. The van der Waals surface area contributed by atoms with Crippen LogP contribution in [-0.4, -0.2) is 17.2 Å². The van der Waals surface area contributed by atoms with Gasteiger partial charge in [0.1, 0.15) is 0 Å². The second kappa shape index (κ2) is 8.13. The van der Waals surface area contributed by atoms with Crippen LogP contribution in [0.15, 0.2) is 11.8 Å². The molecule has 0 aliphatic carbocycles. The van der Waals surface area contributed by atoms with Crippen molar-refractivity contribution in [3.05, 3.63) is 11.8 Å². The van der Waals surface area contributed by atoms with E-state index in [4.69, 9.17) is 27.9 Å². The maximum Gasteiger partial charge on any atom is 0.191 e. The molecule has 0 saturated carbocycles. The van der Waals surface area contributed by atoms with Gasteiger partial charge in [0.25, 0.3) is 0 Å². The summed E-state index contributed by atoms with van der Waals surface area (Å²) in [7, 11) is 0. The second-order valence-corrected chi connectivity index (χ2v) is 3.95. The fraction of sp³-hybridized carbons (Fsp3) is 0.700. The van der Waals surface area contributed by atoms with Crippen LogP contribution in [0.3, 0.4) is 0 Å². The fourth-order valence-electron chi connectivity index (χ4n) is 0.944. The van der Waals surface area contributed by atoms with E-state index >= 15 is 0 Å². The standard InChI is InChI=1S/C10H16Cl2O2/c1-3-5-6-8(14-4-2)7-9(13)10(11)12/h7,10H,3-6H2,1-2H3/b8-7-. The molecule has 2 nitrogen and oxygen atoms in total. The maximum absolute atomic E-state index is 11.2. The summed E-state index contributed by atoms with van der Waals surface area (Å²) in [5.41, 5.74) is 0. The molecule has 0 spiro atoms. The number of unbranched alkanes of at least 4 members (excludes halogenated alkanes) is 1. The summed E-state index contributed by atoms with van der Waals surface area (Å²) in [6.45, 7) is 4.51. The van der Waals surface area contributed by atoms with E-state index in [2.05, 4.69) is 6.92 Å². The molecule has 4 heteroatoms. The zero-order valence-corrected chi connectivity index (χ0v) is 10.1. The van der Waals surface area contributed by atoms with Crippen LogP contribution in [0.2, 0.25) is 0 Å². The van der Waals surface area contributed by atoms with Crippen molar-refractivity contribution in [1.29, 1.82) is 0 Å². The van der Waals surface area contributed by atoms with Crippen LogP contribution in [0, 0.1) is 0 Å². The Kier molecular flexibility index (Phi) is 8.01. The van der Waals surface area contributed by atoms with Crippen molar-refractivity contribution in [1.82, 2.24) is 0 Å². The van der Waals surface area contributed by atoms with Gasteiger partial charge in [0.2, 0.25) is 0 Å². The highest BCUT2D eigenvalue weighted by molar-refractivity contribution is 6.54. The molecule has 0 saturated heterocycles. The summed E-state index contributed by atoms with van der Waals surface area (Å²) in [4.78, 5) is 10.2. The van der Waals surface area contributed by atoms with Crippen molar-refractivity contribution in [2.45, 2.75) is 37.9 Å². The molecule has 0 amide bonds. The van der Waals surface area contributed by atoms with Crippen LogP contribution in [0.25, 0.3) is 0 Å². The van der Waals surface area contributed by atoms with E-state index in [-0.39, 0.29) is 5.78 Å². The summed E-state index contributed by atoms with van der Waals surface area (Å²) >= 11 is 10.8. The van der Waals surface area contributed by atoms with Crippen LogP contribution < -0.4 is 0 Å². The van der Waals surface area contributed by atoms with Crippen LogP contribution in [0.4, 0.5) is 0 Å². The number of ketones is 1. The topological polar surface area (TPSA) is 26.3 Å². The lowest BCUT2D eigenvalue weighted by molar-refractivity contribution is -0.113. The van der Waals surface area contributed by atoms with Crippen LogP contribution in [-0.2, 0) is 9.53 Å². The Bertz CT molecular complexity index is 200. The third kappa shape index (κ3) is 6.28. The number of carbonyl (C=O) groups is 1. The van der Waals surface area contributed by atoms with Crippen molar-refractivity contribution < 1.29 is 9.53 Å². The first-order valence-electron chi connectivity index (χ1n) is 4.77. The SMILES string of the molecule is CCCC/C(=C/C(=O)C(Cl)Cl)OCC. The Balaban J connectivity index is 4.23. The van der Waals surface area contributed by atoms with E-state index in [1.165, 1.54) is 6.08 Å². The lowest BCUT2D eigenvalue weighted by atomic mass is 10.2. The third-order valence-corrected chi connectivity index (χ3v) is 2.05. The molecule has 0 fully saturated rings. The second-order valence-electron chi connectivity index (χ2n) is 2.85. The van der Waals surface area contributed by atoms with Crippen molar-refractivity contribution in [3.63, 3.8) is 0 Å². The molecule has 0 aliphatic heterocycles. The average molecular weight is 239 g/mol. The fourth-order valence-corrected chi connectivity index (χ4v) is 1.07. The smallest absolute Gasteiger partial charge is 0.191 e. The van der Waals surface area contributed by atoms with Gasteiger partial charge >= 0.3 is 0 Å². The first-order chi connectivity index (χ1) is 6.61. The van der Waals surface area contributed by atoms with Gasteiger partial charge in [0, 0.05) is 12.5 Å². The molecule has 0 rings (SSSR count). The summed E-state index contributed by atoms with van der Waals surface area (Å²) in [5, 5.41) is 0. The molecule has 0 heterocycles. The number of hydrogen-bond acceptors (Lipinski definition) is 2. The normalized spacial score (nSPS) is 11.9. The van der Waals surface area contributed by atoms with E-state index in [0.29, 0.717) is 12.4 Å². The van der Waals surface area contributed by atoms with Crippen LogP contribution >= 0.6 is 23.2 Å². The Labute approximate surface area is 95.2 Å². The number of carbonyl (C=O) groups excluding carboxylic acids is 1. The zero-order valence-electron chi connectivity index (χ0n) is 8.56. The highest BCUT2D eigenvalue weighted by Crippen LogP contribution is 2.12. The van der Waals surface area contributed by atoms with E-state index in [9.17, 15) is 4.79 Å². The summed E-state index contributed by atoms with van der Waals surface area (Å²) in [5.74, 6) is 0.360. The van der Waals surface area contributed by atoms with E-state index in [0.717, 1.165) is 19.3 Å². The van der Waals surface area contributed by atoms with Crippen molar-refractivity contribution in [2.75, 3.05) is 6.61 Å². The van der Waals surface area contributed by atoms with Gasteiger partial charge in [-0.05, 0) is 13.3 Å². The minimum absolute atomic E-state index is 0.312. The molecular weight excluding hydrogens is 223 g/mol. The Morgan fingerprint density at radius 2 is 2.07 bits per heavy atom. The number of halogens is 2. The van der Waals surface area contributed by atoms with Crippen LogP contribution in [0.5, 0.6) is 0 Å². The quantitative estimate of drug-likeness (QED) is 0.386. The molecule has 0 unspecified atom stereocenters. The minimum atomic E-state index is -0.993. The lowest BCUT2D eigenvalue weighted by Crippen LogP contribution is -2.06. The first-order valence-corrected chi connectivity index (χ1v) is 5.64. The van der Waals surface area contributed by atoms with Crippen molar-refractivity contribution in [2.24, 2.45) is 0 Å². The Morgan fingerprint density at radius 1 is 1.43 bits per heavy atom. The molecule has 0 aromatic carbocycles. The summed E-state index contributed by atoms with van der Waals surface area (Å²) < 4.78 is 5.29. The van der Waals surface area contributed by atoms with Gasteiger partial charge in [-0.15, -0.1) is 0 Å². The molecular formula is C10H16Cl2O2. The van der Waals surface area contributed by atoms with Gasteiger partial charge in [-0.3, -0.25) is 4.79 Å². The molecule has 82 valence electrons. The van der Waals surface area contributed by atoms with Gasteiger partial charge in [0.15, 0.2) is 10.6 Å². The van der Waals surface area contributed by atoms with Gasteiger partial charge in [-0.25, -0.2) is 0 Å². The first kappa shape index (κ1) is 13.8. The summed E-state index contributed by atoms with van der Waals surface area (Å²) in [6.07, 6.45) is 4.21. The molecule has 0 bridgehead atoms. The average Bonchev–Trinajstić information content (AvgIpc) is 2.14. The van der Waals surface area contributed by atoms with Crippen LogP contribution in [0.1, 0.15) is 33.1 Å². The monoisotopic (exact) mass is 238 g/mol. The molecule has 0 aliphatic rings. The highest BCUT2D eigenvalue weighted by atomic mass is 35.5. The number of alkyl halides is 2. The highest BCUT2D eigenvalue weighted by Gasteiger charge is 2.10. The molecule has 14 heavy (non-hydrogen) atoms. The number of hydrogen-bond donors (Lipinski definition) is 0. The van der Waals surface area contributed by atoms with Crippen molar-refractivity contribution >= 4 is 29.0 Å². The Morgan fingerprint density at radius 3 is 2.50 bits per heavy atom. The Hall–Kier alpha value is -0.210. The van der Waals surface area contributed by atoms with Gasteiger partial charge in [-0.2, -0.15) is 0 Å². The van der Waals surface area contributed by atoms with Gasteiger partial charge < -0.3 is 4.74 Å². The number of allylic oxidation sites excluding steroid dienone is 2. The van der Waals surface area contributed by atoms with E-state index in [1.54, 1.807) is 0 Å². The predicted molar refractivity (Wildman–Crippen MR) is 59.7 cm³/mol. The zero-order chi connectivity index (χ0) is 11.0. The summed E-state index contributed by atoms with van der Waals surface area (Å²) in [6, 6.07) is 0. The third-order valence-electron chi connectivity index (χ3n) is 1.62. The van der Waals surface area contributed by atoms with Gasteiger partial charge in [0.05, 0.1) is 12.4 Å². The van der Waals surface area contributed by atoms with Gasteiger partial charge in [-0.1, -0.05) is 36.5 Å². The van der Waals surface area contributed by atoms with E-state index in [1.807, 2.05) is 6.92 Å². The molecule has 0 N–H and O–H groups in total. The van der Waals surface area contributed by atoms with Crippen molar-refractivity contribution in [3.8, 4) is 0 Å². The minimum Gasteiger partial charge on any atom is -0.498 e. The molecule has 0 aromatic heterocycles. The van der Waals surface area contributed by atoms with E-state index < -0.39 is 4.84 Å². The predicted octanol–water partition coefficient (Wildman–Crippen LogP) is 3.47. The number of ether oxygens (including phenoxy) is 1. The molecule has 0 aromatic rings. The lowest BCUT2D eigenvalue weighted by Gasteiger charge is -2.07. The molecule has 0 radical (unpaired) electrons.